The molecule has 4 N–H and O–H groups in total. The molecule has 0 spiro atoms. The molecule has 0 unspecified atom stereocenters. The maximum atomic E-state index is 13.0. The van der Waals surface area contributed by atoms with Crippen LogP contribution in [0.5, 0.6) is 0 Å². The van der Waals surface area contributed by atoms with Gasteiger partial charge in [-0.25, -0.2) is 14.8 Å². The van der Waals surface area contributed by atoms with Crippen molar-refractivity contribution in [2.45, 2.75) is 45.1 Å². The SMILES string of the molecule is CN(C(=O)C1CCCCC1)c1ccc2c(c1)nc(NC(=O)Nc1ccc(C#N)cn1)n2CCC(N)=O. The number of urea groups is 1. The van der Waals surface area contributed by atoms with Crippen LogP contribution in [0.25, 0.3) is 11.0 Å². The Kier molecular flexibility index (Phi) is 7.44. The lowest BCUT2D eigenvalue weighted by molar-refractivity contribution is -0.123. The van der Waals surface area contributed by atoms with Crippen LogP contribution < -0.4 is 21.3 Å². The molecule has 1 aromatic carbocycles. The minimum absolute atomic E-state index is 0.0318. The minimum Gasteiger partial charge on any atom is -0.370 e. The van der Waals surface area contributed by atoms with Gasteiger partial charge in [0.25, 0.3) is 0 Å². The number of fused-ring (bicyclic) bond motifs is 1. The molecule has 4 rings (SSSR count). The number of rotatable bonds is 7. The number of hydrogen-bond donors (Lipinski definition) is 3. The van der Waals surface area contributed by atoms with E-state index >= 15 is 0 Å². The Morgan fingerprint density at radius 2 is 1.94 bits per heavy atom. The number of nitriles is 1. The lowest BCUT2D eigenvalue weighted by Crippen LogP contribution is -2.33. The molecular weight excluding hydrogens is 460 g/mol. The number of primary amides is 1. The van der Waals surface area contributed by atoms with Gasteiger partial charge < -0.3 is 15.2 Å². The fourth-order valence-corrected chi connectivity index (χ4v) is 4.40. The summed E-state index contributed by atoms with van der Waals surface area (Å²) in [5.41, 5.74) is 7.67. The molecular formula is C25H28N8O3. The van der Waals surface area contributed by atoms with Gasteiger partial charge in [0.2, 0.25) is 17.8 Å². The van der Waals surface area contributed by atoms with Crippen LogP contribution in [0, 0.1) is 17.2 Å². The van der Waals surface area contributed by atoms with E-state index in [1.165, 1.54) is 24.8 Å². The predicted octanol–water partition coefficient (Wildman–Crippen LogP) is 3.37. The lowest BCUT2D eigenvalue weighted by atomic mass is 9.88. The Balaban J connectivity index is 1.57. The molecule has 4 amide bonds. The van der Waals surface area contributed by atoms with Crippen molar-refractivity contribution in [1.29, 1.82) is 5.26 Å². The number of amides is 4. The molecule has 1 aliphatic rings. The zero-order chi connectivity index (χ0) is 25.7. The van der Waals surface area contributed by atoms with Gasteiger partial charge >= 0.3 is 6.03 Å². The van der Waals surface area contributed by atoms with Crippen LogP contribution in [-0.4, -0.2) is 39.4 Å². The van der Waals surface area contributed by atoms with E-state index in [-0.39, 0.29) is 36.6 Å². The summed E-state index contributed by atoms with van der Waals surface area (Å²) >= 11 is 0. The van der Waals surface area contributed by atoms with Gasteiger partial charge in [0.15, 0.2) is 0 Å². The summed E-state index contributed by atoms with van der Waals surface area (Å²) in [5, 5.41) is 14.2. The number of nitrogens with one attached hydrogen (secondary N) is 2. The van der Waals surface area contributed by atoms with Crippen molar-refractivity contribution in [2.24, 2.45) is 11.7 Å². The van der Waals surface area contributed by atoms with Crippen LogP contribution in [0.3, 0.4) is 0 Å². The summed E-state index contributed by atoms with van der Waals surface area (Å²) < 4.78 is 1.69. The number of carbonyl (C=O) groups is 3. The molecule has 11 heteroatoms. The first-order valence-corrected chi connectivity index (χ1v) is 11.9. The van der Waals surface area contributed by atoms with E-state index in [9.17, 15) is 14.4 Å². The smallest absolute Gasteiger partial charge is 0.327 e. The van der Waals surface area contributed by atoms with E-state index in [1.807, 2.05) is 18.2 Å². The molecule has 0 aliphatic heterocycles. The van der Waals surface area contributed by atoms with Crippen molar-refractivity contribution in [3.63, 3.8) is 0 Å². The first-order valence-electron chi connectivity index (χ1n) is 11.9. The van der Waals surface area contributed by atoms with Crippen LogP contribution in [0.2, 0.25) is 0 Å². The highest BCUT2D eigenvalue weighted by molar-refractivity contribution is 6.00. The molecule has 0 saturated heterocycles. The third-order valence-electron chi connectivity index (χ3n) is 6.35. The fraction of sp³-hybridized carbons (Fsp3) is 0.360. The van der Waals surface area contributed by atoms with Gasteiger partial charge in [0, 0.05) is 37.8 Å². The quantitative estimate of drug-likeness (QED) is 0.462. The Bertz CT molecular complexity index is 1320. The second kappa shape index (κ2) is 10.9. The van der Waals surface area contributed by atoms with Gasteiger partial charge in [0.1, 0.15) is 11.9 Å². The highest BCUT2D eigenvalue weighted by Crippen LogP contribution is 2.29. The van der Waals surface area contributed by atoms with Crippen LogP contribution in [0.1, 0.15) is 44.1 Å². The van der Waals surface area contributed by atoms with E-state index in [4.69, 9.17) is 11.0 Å². The van der Waals surface area contributed by atoms with Crippen molar-refractivity contribution in [1.82, 2.24) is 14.5 Å². The molecule has 0 atom stereocenters. The average Bonchev–Trinajstić information content (AvgIpc) is 3.23. The zero-order valence-corrected chi connectivity index (χ0v) is 20.0. The van der Waals surface area contributed by atoms with Crippen molar-refractivity contribution in [2.75, 3.05) is 22.6 Å². The first-order chi connectivity index (χ1) is 17.4. The van der Waals surface area contributed by atoms with Gasteiger partial charge in [-0.15, -0.1) is 0 Å². The summed E-state index contributed by atoms with van der Waals surface area (Å²) in [6.07, 6.45) is 6.54. The van der Waals surface area contributed by atoms with Crippen molar-refractivity contribution >= 4 is 46.3 Å². The fourth-order valence-electron chi connectivity index (χ4n) is 4.40. The molecule has 0 bridgehead atoms. The third kappa shape index (κ3) is 5.60. The molecule has 1 fully saturated rings. The second-order valence-electron chi connectivity index (χ2n) is 8.83. The molecule has 11 nitrogen and oxygen atoms in total. The normalized spacial score (nSPS) is 13.7. The van der Waals surface area contributed by atoms with Gasteiger partial charge in [0.05, 0.1) is 16.6 Å². The Labute approximate surface area is 208 Å². The molecule has 1 aliphatic carbocycles. The van der Waals surface area contributed by atoms with E-state index < -0.39 is 11.9 Å². The number of aryl methyl sites for hydroxylation is 1. The number of imidazole rings is 1. The van der Waals surface area contributed by atoms with Crippen LogP contribution in [0.4, 0.5) is 22.2 Å². The second-order valence-corrected chi connectivity index (χ2v) is 8.83. The Morgan fingerprint density at radius 1 is 1.17 bits per heavy atom. The number of nitrogens with two attached hydrogens (primary N) is 1. The first kappa shape index (κ1) is 24.7. The predicted molar refractivity (Wildman–Crippen MR) is 135 cm³/mol. The summed E-state index contributed by atoms with van der Waals surface area (Å²) in [4.78, 5) is 47.3. The summed E-state index contributed by atoms with van der Waals surface area (Å²) in [6, 6.07) is 9.86. The third-order valence-corrected chi connectivity index (χ3v) is 6.35. The Morgan fingerprint density at radius 3 is 2.61 bits per heavy atom. The van der Waals surface area contributed by atoms with Gasteiger partial charge in [-0.1, -0.05) is 19.3 Å². The number of nitrogens with zero attached hydrogens (tertiary/aromatic N) is 5. The van der Waals surface area contributed by atoms with Gasteiger partial charge in [-0.2, -0.15) is 5.26 Å². The molecule has 0 radical (unpaired) electrons. The average molecular weight is 489 g/mol. The lowest BCUT2D eigenvalue weighted by Gasteiger charge is -2.26. The van der Waals surface area contributed by atoms with Gasteiger partial charge in [-0.3, -0.25) is 20.2 Å². The molecule has 2 heterocycles. The number of carbonyl (C=O) groups excluding carboxylic acids is 3. The highest BCUT2D eigenvalue weighted by atomic mass is 16.2. The van der Waals surface area contributed by atoms with Gasteiger partial charge in [-0.05, 0) is 43.2 Å². The molecule has 1 saturated carbocycles. The minimum atomic E-state index is -0.590. The van der Waals surface area contributed by atoms with Crippen LogP contribution >= 0.6 is 0 Å². The largest absolute Gasteiger partial charge is 0.370 e. The van der Waals surface area contributed by atoms with E-state index in [1.54, 1.807) is 22.6 Å². The summed E-state index contributed by atoms with van der Waals surface area (Å²) in [5.74, 6) is 0.120. The van der Waals surface area contributed by atoms with E-state index in [0.29, 0.717) is 22.3 Å². The Hall–Kier alpha value is -4.46. The van der Waals surface area contributed by atoms with Crippen LogP contribution in [0.15, 0.2) is 36.5 Å². The number of benzene rings is 1. The van der Waals surface area contributed by atoms with E-state index in [0.717, 1.165) is 25.7 Å². The molecule has 2 aromatic heterocycles. The van der Waals surface area contributed by atoms with E-state index in [2.05, 4.69) is 20.6 Å². The number of hydrogen-bond acceptors (Lipinski definition) is 6. The maximum Gasteiger partial charge on any atom is 0.327 e. The number of aromatic nitrogens is 3. The molecule has 36 heavy (non-hydrogen) atoms. The highest BCUT2D eigenvalue weighted by Gasteiger charge is 2.25. The van der Waals surface area contributed by atoms with Crippen LogP contribution in [-0.2, 0) is 16.1 Å². The summed E-state index contributed by atoms with van der Waals surface area (Å²) in [6.45, 7) is 0.215. The standard InChI is InChI=1S/C25H28N8O3/c1-32(23(35)17-5-3-2-4-6-17)18-8-9-20-19(13-18)29-24(33(20)12-11-21(27)34)31-25(36)30-22-10-7-16(14-26)15-28-22/h7-10,13,15,17H,2-6,11-12H2,1H3,(H2,27,34)(H2,28,29,30,31,36). The molecule has 3 aromatic rings. The topological polar surface area (TPSA) is 159 Å². The van der Waals surface area contributed by atoms with Crippen molar-refractivity contribution in [3.8, 4) is 6.07 Å². The number of pyridine rings is 1. The molecule has 186 valence electrons. The van der Waals surface area contributed by atoms with Crippen molar-refractivity contribution in [3.05, 3.63) is 42.1 Å². The number of anilines is 3. The zero-order valence-electron chi connectivity index (χ0n) is 20.0. The monoisotopic (exact) mass is 488 g/mol. The maximum absolute atomic E-state index is 13.0. The summed E-state index contributed by atoms with van der Waals surface area (Å²) in [7, 11) is 1.76. The van der Waals surface area contributed by atoms with Crippen molar-refractivity contribution < 1.29 is 14.4 Å².